The zero-order valence-electron chi connectivity index (χ0n) is 12.0. The first-order valence-corrected chi connectivity index (χ1v) is 7.14. The van der Waals surface area contributed by atoms with E-state index in [9.17, 15) is 9.90 Å². The molecule has 2 unspecified atom stereocenters. The SMILES string of the molecule is CNC1(CC(=O)NC(C)CC(C)O)CCCCC1. The van der Waals surface area contributed by atoms with E-state index in [0.717, 1.165) is 12.8 Å². The standard InChI is InChI=1S/C14H28N2O2/c1-11(9-12(2)17)16-13(18)10-14(15-3)7-5-4-6-8-14/h11-12,15,17H,4-10H2,1-3H3,(H,16,18). The average Bonchev–Trinajstić information content (AvgIpc) is 2.28. The molecule has 1 aliphatic rings. The third kappa shape index (κ3) is 4.94. The van der Waals surface area contributed by atoms with E-state index >= 15 is 0 Å². The van der Waals surface area contributed by atoms with Gasteiger partial charge in [-0.25, -0.2) is 0 Å². The van der Waals surface area contributed by atoms with Gasteiger partial charge in [-0.2, -0.15) is 0 Å². The van der Waals surface area contributed by atoms with Crippen molar-refractivity contribution in [3.63, 3.8) is 0 Å². The third-order valence-corrected chi connectivity index (χ3v) is 3.94. The molecule has 1 saturated carbocycles. The Bertz CT molecular complexity index is 261. The van der Waals surface area contributed by atoms with Gasteiger partial charge in [0.15, 0.2) is 0 Å². The van der Waals surface area contributed by atoms with Crippen LogP contribution >= 0.6 is 0 Å². The quantitative estimate of drug-likeness (QED) is 0.676. The van der Waals surface area contributed by atoms with Crippen LogP contribution in [-0.4, -0.2) is 35.7 Å². The highest BCUT2D eigenvalue weighted by Gasteiger charge is 2.32. The first-order chi connectivity index (χ1) is 8.47. The van der Waals surface area contributed by atoms with E-state index in [1.807, 2.05) is 14.0 Å². The van der Waals surface area contributed by atoms with Crippen LogP contribution in [0.15, 0.2) is 0 Å². The van der Waals surface area contributed by atoms with Crippen molar-refractivity contribution in [3.8, 4) is 0 Å². The summed E-state index contributed by atoms with van der Waals surface area (Å²) in [7, 11) is 1.96. The number of hydrogen-bond acceptors (Lipinski definition) is 3. The van der Waals surface area contributed by atoms with E-state index in [-0.39, 0.29) is 23.6 Å². The normalized spacial score (nSPS) is 22.2. The second kappa shape index (κ2) is 7.10. The number of rotatable bonds is 6. The van der Waals surface area contributed by atoms with Crippen LogP contribution in [-0.2, 0) is 4.79 Å². The van der Waals surface area contributed by atoms with Crippen molar-refractivity contribution in [1.29, 1.82) is 0 Å². The van der Waals surface area contributed by atoms with Crippen molar-refractivity contribution in [3.05, 3.63) is 0 Å². The van der Waals surface area contributed by atoms with Crippen LogP contribution in [0.25, 0.3) is 0 Å². The maximum absolute atomic E-state index is 12.0. The minimum absolute atomic E-state index is 0.00706. The summed E-state index contributed by atoms with van der Waals surface area (Å²) < 4.78 is 0. The van der Waals surface area contributed by atoms with Crippen LogP contribution in [0.3, 0.4) is 0 Å². The summed E-state index contributed by atoms with van der Waals surface area (Å²) in [6, 6.07) is 0.0370. The molecule has 1 aliphatic carbocycles. The van der Waals surface area contributed by atoms with Crippen LogP contribution in [0.2, 0.25) is 0 Å². The highest BCUT2D eigenvalue weighted by Crippen LogP contribution is 2.30. The van der Waals surface area contributed by atoms with Crippen molar-refractivity contribution >= 4 is 5.91 Å². The van der Waals surface area contributed by atoms with E-state index in [1.54, 1.807) is 6.92 Å². The number of carbonyl (C=O) groups is 1. The van der Waals surface area contributed by atoms with Gasteiger partial charge in [-0.3, -0.25) is 4.79 Å². The predicted octanol–water partition coefficient (Wildman–Crippen LogP) is 1.57. The van der Waals surface area contributed by atoms with Gasteiger partial charge in [0.2, 0.25) is 5.91 Å². The molecule has 2 atom stereocenters. The van der Waals surface area contributed by atoms with Gasteiger partial charge in [-0.05, 0) is 40.2 Å². The molecule has 0 spiro atoms. The first-order valence-electron chi connectivity index (χ1n) is 7.14. The highest BCUT2D eigenvalue weighted by atomic mass is 16.3. The molecule has 18 heavy (non-hydrogen) atoms. The molecule has 0 radical (unpaired) electrons. The van der Waals surface area contributed by atoms with Crippen LogP contribution in [0.4, 0.5) is 0 Å². The molecule has 0 heterocycles. The Hall–Kier alpha value is -0.610. The summed E-state index contributed by atoms with van der Waals surface area (Å²) in [4.78, 5) is 12.0. The minimum atomic E-state index is -0.367. The fraction of sp³-hybridized carbons (Fsp3) is 0.929. The Balaban J connectivity index is 2.42. The largest absolute Gasteiger partial charge is 0.393 e. The molecule has 4 heteroatoms. The molecule has 1 amide bonds. The summed E-state index contributed by atoms with van der Waals surface area (Å²) in [5.74, 6) is 0.0967. The lowest BCUT2D eigenvalue weighted by molar-refractivity contribution is -0.123. The Morgan fingerprint density at radius 3 is 2.39 bits per heavy atom. The highest BCUT2D eigenvalue weighted by molar-refractivity contribution is 5.77. The van der Waals surface area contributed by atoms with Crippen LogP contribution in [0.5, 0.6) is 0 Å². The zero-order valence-corrected chi connectivity index (χ0v) is 12.0. The summed E-state index contributed by atoms with van der Waals surface area (Å²) in [5, 5.41) is 15.6. The van der Waals surface area contributed by atoms with Crippen LogP contribution in [0, 0.1) is 0 Å². The Morgan fingerprint density at radius 2 is 1.89 bits per heavy atom. The topological polar surface area (TPSA) is 61.4 Å². The number of aliphatic hydroxyl groups excluding tert-OH is 1. The van der Waals surface area contributed by atoms with Crippen molar-refractivity contribution < 1.29 is 9.90 Å². The molecule has 0 aliphatic heterocycles. The molecule has 1 rings (SSSR count). The smallest absolute Gasteiger partial charge is 0.222 e. The summed E-state index contributed by atoms with van der Waals surface area (Å²) >= 11 is 0. The second-order valence-electron chi connectivity index (χ2n) is 5.82. The van der Waals surface area contributed by atoms with Gasteiger partial charge in [0.25, 0.3) is 0 Å². The van der Waals surface area contributed by atoms with Crippen molar-refractivity contribution in [2.24, 2.45) is 0 Å². The van der Waals surface area contributed by atoms with E-state index in [2.05, 4.69) is 10.6 Å². The first kappa shape index (κ1) is 15.4. The van der Waals surface area contributed by atoms with E-state index in [0.29, 0.717) is 12.8 Å². The molecule has 0 saturated heterocycles. The van der Waals surface area contributed by atoms with Gasteiger partial charge >= 0.3 is 0 Å². The average molecular weight is 256 g/mol. The van der Waals surface area contributed by atoms with E-state index < -0.39 is 0 Å². The number of hydrogen-bond donors (Lipinski definition) is 3. The molecule has 0 bridgehead atoms. The van der Waals surface area contributed by atoms with Crippen LogP contribution in [0.1, 0.15) is 58.8 Å². The van der Waals surface area contributed by atoms with Crippen molar-refractivity contribution in [2.75, 3.05) is 7.05 Å². The fourth-order valence-electron chi connectivity index (χ4n) is 2.95. The molecule has 0 aromatic carbocycles. The molecular formula is C14H28N2O2. The molecule has 3 N–H and O–H groups in total. The monoisotopic (exact) mass is 256 g/mol. The van der Waals surface area contributed by atoms with Crippen molar-refractivity contribution in [1.82, 2.24) is 10.6 Å². The second-order valence-corrected chi connectivity index (χ2v) is 5.82. The number of aliphatic hydroxyl groups is 1. The lowest BCUT2D eigenvalue weighted by Crippen LogP contribution is -2.49. The molecule has 4 nitrogen and oxygen atoms in total. The van der Waals surface area contributed by atoms with Gasteiger partial charge in [0.05, 0.1) is 6.10 Å². The molecule has 1 fully saturated rings. The number of amides is 1. The maximum Gasteiger partial charge on any atom is 0.222 e. The summed E-state index contributed by atoms with van der Waals surface area (Å²) in [6.07, 6.45) is 6.65. The summed E-state index contributed by atoms with van der Waals surface area (Å²) in [5.41, 5.74) is -0.00706. The lowest BCUT2D eigenvalue weighted by Gasteiger charge is -2.37. The van der Waals surface area contributed by atoms with Gasteiger partial charge in [-0.15, -0.1) is 0 Å². The maximum atomic E-state index is 12.0. The molecule has 106 valence electrons. The molecular weight excluding hydrogens is 228 g/mol. The van der Waals surface area contributed by atoms with Crippen molar-refractivity contribution in [2.45, 2.75) is 76.5 Å². The van der Waals surface area contributed by atoms with Gasteiger partial charge in [0, 0.05) is 18.0 Å². The third-order valence-electron chi connectivity index (χ3n) is 3.94. The lowest BCUT2D eigenvalue weighted by atomic mass is 9.79. The summed E-state index contributed by atoms with van der Waals surface area (Å²) in [6.45, 7) is 3.69. The van der Waals surface area contributed by atoms with Gasteiger partial charge in [0.1, 0.15) is 0 Å². The number of carbonyl (C=O) groups excluding carboxylic acids is 1. The fourth-order valence-corrected chi connectivity index (χ4v) is 2.95. The molecule has 0 aromatic heterocycles. The molecule has 0 aromatic rings. The Labute approximate surface area is 111 Å². The predicted molar refractivity (Wildman–Crippen MR) is 73.4 cm³/mol. The zero-order chi connectivity index (χ0) is 13.6. The Morgan fingerprint density at radius 1 is 1.28 bits per heavy atom. The Kier molecular flexibility index (Phi) is 6.09. The van der Waals surface area contributed by atoms with Gasteiger partial charge in [-0.1, -0.05) is 19.3 Å². The van der Waals surface area contributed by atoms with E-state index in [1.165, 1.54) is 19.3 Å². The van der Waals surface area contributed by atoms with Crippen LogP contribution < -0.4 is 10.6 Å². The minimum Gasteiger partial charge on any atom is -0.393 e. The van der Waals surface area contributed by atoms with E-state index in [4.69, 9.17) is 0 Å². The number of nitrogens with one attached hydrogen (secondary N) is 2. The van der Waals surface area contributed by atoms with Gasteiger partial charge < -0.3 is 15.7 Å².